The van der Waals surface area contributed by atoms with E-state index in [9.17, 15) is 5.11 Å². The molecule has 1 atom stereocenters. The number of pyridine rings is 1. The van der Waals surface area contributed by atoms with E-state index in [4.69, 9.17) is 23.2 Å². The van der Waals surface area contributed by atoms with E-state index in [0.717, 1.165) is 18.4 Å². The number of aliphatic hydroxyl groups is 1. The zero-order valence-electron chi connectivity index (χ0n) is 10.6. The molecule has 19 heavy (non-hydrogen) atoms. The van der Waals surface area contributed by atoms with Crippen LogP contribution in [0.15, 0.2) is 36.5 Å². The first-order valence-electron chi connectivity index (χ1n) is 6.19. The fourth-order valence-corrected chi connectivity index (χ4v) is 2.48. The van der Waals surface area contributed by atoms with E-state index in [1.807, 2.05) is 18.2 Å². The summed E-state index contributed by atoms with van der Waals surface area (Å²) in [5.41, 5.74) is 2.42. The highest BCUT2D eigenvalue weighted by molar-refractivity contribution is 6.34. The van der Waals surface area contributed by atoms with Crippen LogP contribution in [0.2, 0.25) is 10.0 Å². The summed E-state index contributed by atoms with van der Waals surface area (Å²) in [6.07, 6.45) is 2.71. The Hall–Kier alpha value is -1.09. The number of aromatic nitrogens is 1. The fraction of sp³-hybridized carbons (Fsp3) is 0.267. The smallest absolute Gasteiger partial charge is 0.122 e. The summed E-state index contributed by atoms with van der Waals surface area (Å²) in [7, 11) is 0. The topological polar surface area (TPSA) is 33.1 Å². The predicted molar refractivity (Wildman–Crippen MR) is 78.8 cm³/mol. The van der Waals surface area contributed by atoms with Crippen LogP contribution in [0.5, 0.6) is 0 Å². The second-order valence-electron chi connectivity index (χ2n) is 4.42. The van der Waals surface area contributed by atoms with Crippen LogP contribution in [0.4, 0.5) is 0 Å². The van der Waals surface area contributed by atoms with Gasteiger partial charge in [0.05, 0.1) is 15.7 Å². The van der Waals surface area contributed by atoms with Crippen molar-refractivity contribution in [2.45, 2.75) is 25.9 Å². The van der Waals surface area contributed by atoms with Crippen LogP contribution >= 0.6 is 23.2 Å². The van der Waals surface area contributed by atoms with Gasteiger partial charge in [-0.3, -0.25) is 4.98 Å². The van der Waals surface area contributed by atoms with Crippen molar-refractivity contribution in [1.82, 2.24) is 4.98 Å². The molecule has 1 aromatic carbocycles. The van der Waals surface area contributed by atoms with Gasteiger partial charge in [-0.25, -0.2) is 0 Å². The van der Waals surface area contributed by atoms with Crippen molar-refractivity contribution in [2.24, 2.45) is 0 Å². The van der Waals surface area contributed by atoms with E-state index in [1.165, 1.54) is 11.8 Å². The molecule has 0 aliphatic carbocycles. The minimum absolute atomic E-state index is 0.376. The molecule has 2 nitrogen and oxygen atoms in total. The highest BCUT2D eigenvalue weighted by Crippen LogP contribution is 2.28. The van der Waals surface area contributed by atoms with Crippen molar-refractivity contribution < 1.29 is 5.11 Å². The summed E-state index contributed by atoms with van der Waals surface area (Å²) < 4.78 is 0. The first-order valence-corrected chi connectivity index (χ1v) is 6.95. The average Bonchev–Trinajstić information content (AvgIpc) is 2.39. The largest absolute Gasteiger partial charge is 0.382 e. The van der Waals surface area contributed by atoms with Crippen LogP contribution in [0, 0.1) is 0 Å². The summed E-state index contributed by atoms with van der Waals surface area (Å²) in [5, 5.41) is 11.2. The third kappa shape index (κ3) is 3.47. The summed E-state index contributed by atoms with van der Waals surface area (Å²) in [6.45, 7) is 2.13. The molecule has 0 fully saturated rings. The maximum atomic E-state index is 10.4. The molecule has 0 saturated heterocycles. The molecule has 0 bridgehead atoms. The van der Waals surface area contributed by atoms with Gasteiger partial charge in [-0.1, -0.05) is 60.8 Å². The first kappa shape index (κ1) is 14.3. The van der Waals surface area contributed by atoms with Gasteiger partial charge in [-0.15, -0.1) is 0 Å². The highest BCUT2D eigenvalue weighted by Gasteiger charge is 2.16. The minimum atomic E-state index is -0.832. The molecule has 1 N–H and O–H groups in total. The molecule has 0 aliphatic heterocycles. The molecular weight excluding hydrogens is 281 g/mol. The Labute approximate surface area is 123 Å². The van der Waals surface area contributed by atoms with Gasteiger partial charge >= 0.3 is 0 Å². The highest BCUT2D eigenvalue weighted by atomic mass is 35.5. The molecular formula is C15H15Cl2NO. The fourth-order valence-electron chi connectivity index (χ4n) is 1.99. The molecule has 100 valence electrons. The minimum Gasteiger partial charge on any atom is -0.382 e. The van der Waals surface area contributed by atoms with Crippen molar-refractivity contribution in [2.75, 3.05) is 0 Å². The Balaban J connectivity index is 2.32. The number of aryl methyl sites for hydroxylation is 1. The Morgan fingerprint density at radius 3 is 2.74 bits per heavy atom. The maximum absolute atomic E-state index is 10.4. The van der Waals surface area contributed by atoms with Gasteiger partial charge in [0.15, 0.2) is 0 Å². The van der Waals surface area contributed by atoms with Crippen LogP contribution in [-0.4, -0.2) is 10.1 Å². The molecule has 0 aliphatic rings. The molecule has 2 aromatic rings. The van der Waals surface area contributed by atoms with Gasteiger partial charge in [0, 0.05) is 6.20 Å². The van der Waals surface area contributed by atoms with Crippen molar-refractivity contribution in [3.8, 4) is 0 Å². The van der Waals surface area contributed by atoms with Crippen LogP contribution in [-0.2, 0) is 6.42 Å². The monoisotopic (exact) mass is 295 g/mol. The lowest BCUT2D eigenvalue weighted by Gasteiger charge is -2.13. The summed E-state index contributed by atoms with van der Waals surface area (Å²) in [5.74, 6) is 0. The number of hydrogen-bond donors (Lipinski definition) is 1. The van der Waals surface area contributed by atoms with Gasteiger partial charge in [-0.05, 0) is 23.6 Å². The van der Waals surface area contributed by atoms with Crippen LogP contribution < -0.4 is 0 Å². The van der Waals surface area contributed by atoms with E-state index in [0.29, 0.717) is 15.7 Å². The van der Waals surface area contributed by atoms with Crippen molar-refractivity contribution >= 4 is 23.2 Å². The zero-order valence-corrected chi connectivity index (χ0v) is 12.1. The van der Waals surface area contributed by atoms with Gasteiger partial charge in [0.1, 0.15) is 6.10 Å². The van der Waals surface area contributed by atoms with Gasteiger partial charge < -0.3 is 5.11 Å². The van der Waals surface area contributed by atoms with Crippen LogP contribution in [0.3, 0.4) is 0 Å². The number of hydrogen-bond acceptors (Lipinski definition) is 2. The van der Waals surface area contributed by atoms with Crippen molar-refractivity contribution in [1.29, 1.82) is 0 Å². The lowest BCUT2D eigenvalue weighted by molar-refractivity contribution is 0.215. The number of benzene rings is 1. The molecule has 4 heteroatoms. The molecule has 0 saturated carbocycles. The molecule has 1 aromatic heterocycles. The molecule has 0 spiro atoms. The van der Waals surface area contributed by atoms with E-state index in [-0.39, 0.29) is 0 Å². The Morgan fingerprint density at radius 2 is 2.05 bits per heavy atom. The number of rotatable bonds is 4. The third-order valence-electron chi connectivity index (χ3n) is 2.90. The average molecular weight is 296 g/mol. The number of aliphatic hydroxyl groups excluding tert-OH is 1. The van der Waals surface area contributed by atoms with E-state index >= 15 is 0 Å². The number of nitrogens with zero attached hydrogens (tertiary/aromatic N) is 1. The predicted octanol–water partition coefficient (Wildman–Crippen LogP) is 4.42. The summed E-state index contributed by atoms with van der Waals surface area (Å²) >= 11 is 11.9. The van der Waals surface area contributed by atoms with E-state index in [1.54, 1.807) is 6.07 Å². The molecule has 2 rings (SSSR count). The maximum Gasteiger partial charge on any atom is 0.122 e. The molecule has 1 unspecified atom stereocenters. The lowest BCUT2D eigenvalue weighted by atomic mass is 10.0. The second kappa shape index (κ2) is 6.38. The Bertz CT molecular complexity index is 572. The van der Waals surface area contributed by atoms with Gasteiger partial charge in [0.25, 0.3) is 0 Å². The van der Waals surface area contributed by atoms with Crippen LogP contribution in [0.25, 0.3) is 0 Å². The summed E-state index contributed by atoms with van der Waals surface area (Å²) in [4.78, 5) is 4.12. The van der Waals surface area contributed by atoms with E-state index in [2.05, 4.69) is 18.0 Å². The molecule has 0 radical (unpaired) electrons. The van der Waals surface area contributed by atoms with Gasteiger partial charge in [0.2, 0.25) is 0 Å². The second-order valence-corrected chi connectivity index (χ2v) is 5.26. The van der Waals surface area contributed by atoms with Crippen LogP contribution in [0.1, 0.15) is 36.3 Å². The van der Waals surface area contributed by atoms with E-state index < -0.39 is 6.10 Å². The van der Waals surface area contributed by atoms with Crippen molar-refractivity contribution in [3.05, 3.63) is 63.4 Å². The SMILES string of the molecule is CCCc1cccc(C(O)c2ncc(Cl)cc2Cl)c1. The quantitative estimate of drug-likeness (QED) is 0.905. The normalized spacial score (nSPS) is 12.4. The summed E-state index contributed by atoms with van der Waals surface area (Å²) in [6, 6.07) is 9.44. The third-order valence-corrected chi connectivity index (χ3v) is 3.41. The molecule has 0 amide bonds. The lowest BCUT2D eigenvalue weighted by Crippen LogP contribution is -2.04. The molecule has 1 heterocycles. The zero-order chi connectivity index (χ0) is 13.8. The van der Waals surface area contributed by atoms with Crippen molar-refractivity contribution in [3.63, 3.8) is 0 Å². The Kier molecular flexibility index (Phi) is 4.81. The standard InChI is InChI=1S/C15H15Cl2NO/c1-2-4-10-5-3-6-11(7-10)15(19)14-13(17)8-12(16)9-18-14/h3,5-9,15,19H,2,4H2,1H3. The number of halogens is 2. The Morgan fingerprint density at radius 1 is 1.26 bits per heavy atom. The first-order chi connectivity index (χ1) is 9.11. The van der Waals surface area contributed by atoms with Gasteiger partial charge in [-0.2, -0.15) is 0 Å².